The fraction of sp³-hybridized carbons (Fsp3) is 0.148. The van der Waals surface area contributed by atoms with Crippen molar-refractivity contribution in [3.63, 3.8) is 0 Å². The zero-order valence-electron chi connectivity index (χ0n) is 20.3. The van der Waals surface area contributed by atoms with Gasteiger partial charge in [0.25, 0.3) is 10.0 Å². The molecule has 0 saturated carbocycles. The molecular formula is C27H24Cl2N4O4S. The van der Waals surface area contributed by atoms with E-state index in [0.717, 1.165) is 5.56 Å². The molecule has 1 heterocycles. The van der Waals surface area contributed by atoms with Crippen LogP contribution in [0, 0.1) is 0 Å². The smallest absolute Gasteiger partial charge is 0.283 e. The van der Waals surface area contributed by atoms with Gasteiger partial charge in [0.15, 0.2) is 5.60 Å². The van der Waals surface area contributed by atoms with Crippen LogP contribution in [0.1, 0.15) is 18.1 Å². The molecule has 0 aromatic heterocycles. The van der Waals surface area contributed by atoms with E-state index in [2.05, 4.69) is 4.40 Å². The molecule has 0 saturated heterocycles. The molecule has 8 nitrogen and oxygen atoms in total. The van der Waals surface area contributed by atoms with E-state index >= 15 is 0 Å². The Kier molecular flexibility index (Phi) is 8.32. The molecule has 4 rings (SSSR count). The monoisotopic (exact) mass is 570 g/mol. The first kappa shape index (κ1) is 27.5. The van der Waals surface area contributed by atoms with Crippen LogP contribution < -0.4 is 5.73 Å². The van der Waals surface area contributed by atoms with Crippen LogP contribution >= 0.6 is 23.2 Å². The molecule has 1 atom stereocenters. The fourth-order valence-corrected chi connectivity index (χ4v) is 5.26. The molecule has 0 spiro atoms. The van der Waals surface area contributed by atoms with Crippen LogP contribution in [0.4, 0.5) is 0 Å². The van der Waals surface area contributed by atoms with Crippen LogP contribution in [-0.4, -0.2) is 44.0 Å². The Balaban J connectivity index is 1.80. The average Bonchev–Trinajstić information content (AvgIpc) is 3.28. The number of hydrogen-bond acceptors (Lipinski definition) is 5. The zero-order chi connectivity index (χ0) is 27.3. The van der Waals surface area contributed by atoms with Gasteiger partial charge in [-0.05, 0) is 48.9 Å². The van der Waals surface area contributed by atoms with Crippen LogP contribution in [0.3, 0.4) is 0 Å². The number of halogens is 2. The minimum absolute atomic E-state index is 0.00418. The molecule has 1 amide bonds. The number of rotatable bonds is 8. The standard InChI is InChI=1S/C27H24Cl2N4O4S/c1-19(32-38(35,36)24-15-13-23(29)14-16-24)33-18-27(21-6-3-2-4-7-21,37-17-5-8-25(30)34)26(31-33)20-9-11-22(28)12-10-20/h2-16H,17-18H2,1H3,(H2,30,34)/b8-5+,32-19+. The molecule has 3 aromatic carbocycles. The Morgan fingerprint density at radius 2 is 1.66 bits per heavy atom. The number of ether oxygens (including phenoxy) is 1. The van der Waals surface area contributed by atoms with E-state index in [-0.39, 0.29) is 23.9 Å². The summed E-state index contributed by atoms with van der Waals surface area (Å²) in [6.07, 6.45) is 2.73. The van der Waals surface area contributed by atoms with Crippen molar-refractivity contribution in [2.24, 2.45) is 15.2 Å². The lowest BCUT2D eigenvalue weighted by molar-refractivity contribution is -0.113. The summed E-state index contributed by atoms with van der Waals surface area (Å²) in [5, 5.41) is 7.22. The first-order valence-electron chi connectivity index (χ1n) is 11.5. The minimum atomic E-state index is -4.04. The van der Waals surface area contributed by atoms with Gasteiger partial charge < -0.3 is 10.5 Å². The number of carbonyl (C=O) groups excluding carboxylic acids is 1. The Hall–Kier alpha value is -3.50. The number of hydrazone groups is 1. The third-order valence-electron chi connectivity index (χ3n) is 5.78. The highest BCUT2D eigenvalue weighted by Gasteiger charge is 2.47. The van der Waals surface area contributed by atoms with Gasteiger partial charge in [0.2, 0.25) is 5.91 Å². The molecular weight excluding hydrogens is 547 g/mol. The summed E-state index contributed by atoms with van der Waals surface area (Å²) in [6.45, 7) is 1.72. The maximum atomic E-state index is 13.0. The van der Waals surface area contributed by atoms with Crippen molar-refractivity contribution in [3.8, 4) is 0 Å². The number of benzene rings is 3. The number of carbonyl (C=O) groups is 1. The number of sulfonamides is 1. The Labute approximate surface area is 231 Å². The summed E-state index contributed by atoms with van der Waals surface area (Å²) in [5.74, 6) is -0.460. The van der Waals surface area contributed by atoms with E-state index in [1.807, 2.05) is 42.5 Å². The van der Waals surface area contributed by atoms with Gasteiger partial charge in [-0.2, -0.15) is 13.5 Å². The van der Waals surface area contributed by atoms with E-state index in [0.29, 0.717) is 21.3 Å². The molecule has 1 aliphatic heterocycles. The summed E-state index contributed by atoms with van der Waals surface area (Å²) in [5.41, 5.74) is 6.10. The van der Waals surface area contributed by atoms with Gasteiger partial charge in [0.05, 0.1) is 18.0 Å². The summed E-state index contributed by atoms with van der Waals surface area (Å²) in [6, 6.07) is 22.2. The molecule has 1 aliphatic rings. The molecule has 0 fully saturated rings. The summed E-state index contributed by atoms with van der Waals surface area (Å²) in [4.78, 5) is 11.2. The largest absolute Gasteiger partial charge is 0.366 e. The van der Waals surface area contributed by atoms with Crippen LogP contribution in [0.25, 0.3) is 0 Å². The summed E-state index contributed by atoms with van der Waals surface area (Å²) >= 11 is 12.0. The van der Waals surface area contributed by atoms with Gasteiger partial charge >= 0.3 is 0 Å². The topological polar surface area (TPSA) is 114 Å². The van der Waals surface area contributed by atoms with E-state index in [4.69, 9.17) is 38.8 Å². The molecule has 0 aliphatic carbocycles. The van der Waals surface area contributed by atoms with Gasteiger partial charge in [-0.1, -0.05) is 71.7 Å². The lowest BCUT2D eigenvalue weighted by Gasteiger charge is -2.31. The predicted molar refractivity (Wildman–Crippen MR) is 149 cm³/mol. The number of amides is 1. The van der Waals surface area contributed by atoms with Crippen LogP contribution in [-0.2, 0) is 25.2 Å². The predicted octanol–water partition coefficient (Wildman–Crippen LogP) is 4.77. The molecule has 3 aromatic rings. The van der Waals surface area contributed by atoms with E-state index in [9.17, 15) is 13.2 Å². The van der Waals surface area contributed by atoms with Crippen LogP contribution in [0.2, 0.25) is 10.0 Å². The van der Waals surface area contributed by atoms with Crippen molar-refractivity contribution in [1.29, 1.82) is 0 Å². The second-order valence-electron chi connectivity index (χ2n) is 8.39. The Morgan fingerprint density at radius 3 is 2.26 bits per heavy atom. The third-order valence-corrected chi connectivity index (χ3v) is 7.66. The highest BCUT2D eigenvalue weighted by molar-refractivity contribution is 7.90. The lowest BCUT2D eigenvalue weighted by atomic mass is 9.85. The Bertz CT molecular complexity index is 1510. The first-order chi connectivity index (χ1) is 18.1. The van der Waals surface area contributed by atoms with Gasteiger partial charge in [-0.15, -0.1) is 4.40 Å². The number of primary amides is 1. The van der Waals surface area contributed by atoms with Gasteiger partial charge in [-0.3, -0.25) is 4.79 Å². The van der Waals surface area contributed by atoms with Crippen LogP contribution in [0.5, 0.6) is 0 Å². The first-order valence-corrected chi connectivity index (χ1v) is 13.7. The second-order valence-corrected chi connectivity index (χ2v) is 10.9. The zero-order valence-corrected chi connectivity index (χ0v) is 22.6. The third kappa shape index (κ3) is 6.14. The molecule has 11 heteroatoms. The quantitative estimate of drug-likeness (QED) is 0.238. The molecule has 1 unspecified atom stereocenters. The van der Waals surface area contributed by atoms with E-state index in [1.165, 1.54) is 41.4 Å². The normalized spacial score (nSPS) is 18.1. The number of nitrogens with zero attached hydrogens (tertiary/aromatic N) is 3. The summed E-state index contributed by atoms with van der Waals surface area (Å²) < 4.78 is 36.4. The highest BCUT2D eigenvalue weighted by atomic mass is 35.5. The maximum Gasteiger partial charge on any atom is 0.283 e. The van der Waals surface area contributed by atoms with Gasteiger partial charge in [0.1, 0.15) is 11.5 Å². The lowest BCUT2D eigenvalue weighted by Crippen LogP contribution is -2.42. The molecule has 38 heavy (non-hydrogen) atoms. The van der Waals surface area contributed by atoms with Gasteiger partial charge in [0, 0.05) is 21.7 Å². The Morgan fingerprint density at radius 1 is 1.05 bits per heavy atom. The number of nitrogens with two attached hydrogens (primary N) is 1. The fourth-order valence-electron chi connectivity index (χ4n) is 3.98. The molecule has 0 radical (unpaired) electrons. The minimum Gasteiger partial charge on any atom is -0.366 e. The molecule has 2 N–H and O–H groups in total. The molecule has 0 bridgehead atoms. The van der Waals surface area contributed by atoms with Crippen molar-refractivity contribution in [2.75, 3.05) is 13.2 Å². The number of amidine groups is 1. The average molecular weight is 571 g/mol. The van der Waals surface area contributed by atoms with Crippen molar-refractivity contribution in [2.45, 2.75) is 17.4 Å². The van der Waals surface area contributed by atoms with Crippen LogP contribution in [0.15, 0.2) is 105 Å². The highest BCUT2D eigenvalue weighted by Crippen LogP contribution is 2.37. The van der Waals surface area contributed by atoms with E-state index in [1.54, 1.807) is 19.1 Å². The van der Waals surface area contributed by atoms with Crippen molar-refractivity contribution >= 4 is 50.7 Å². The van der Waals surface area contributed by atoms with Crippen molar-refractivity contribution in [3.05, 3.63) is 112 Å². The van der Waals surface area contributed by atoms with E-state index < -0.39 is 21.5 Å². The maximum absolute atomic E-state index is 13.0. The number of hydrogen-bond donors (Lipinski definition) is 1. The molecule has 196 valence electrons. The van der Waals surface area contributed by atoms with Crippen molar-refractivity contribution < 1.29 is 17.9 Å². The summed E-state index contributed by atoms with van der Waals surface area (Å²) in [7, 11) is -4.04. The van der Waals surface area contributed by atoms with Gasteiger partial charge in [-0.25, -0.2) is 5.01 Å². The second kappa shape index (κ2) is 11.5. The SMILES string of the molecule is C/C(=N\S(=O)(=O)c1ccc(Cl)cc1)N1CC(OC/C=C/C(N)=O)(c2ccccc2)C(c2ccc(Cl)cc2)=N1. The van der Waals surface area contributed by atoms with Crippen molar-refractivity contribution in [1.82, 2.24) is 5.01 Å².